The highest BCUT2D eigenvalue weighted by molar-refractivity contribution is 7.98. The van der Waals surface area contributed by atoms with Crippen LogP contribution >= 0.6 is 11.8 Å². The molecule has 3 aromatic rings. The number of carbonyl (C=O) groups excluding carboxylic acids is 1. The minimum atomic E-state index is 0.0588. The van der Waals surface area contributed by atoms with Crippen LogP contribution in [0.25, 0.3) is 0 Å². The zero-order valence-electron chi connectivity index (χ0n) is 21.1. The Morgan fingerprint density at radius 1 is 0.973 bits per heavy atom. The number of ether oxygens (including phenoxy) is 3. The second-order valence-corrected chi connectivity index (χ2v) is 10.5. The zero-order chi connectivity index (χ0) is 25.8. The van der Waals surface area contributed by atoms with Crippen LogP contribution in [0.3, 0.4) is 0 Å². The third-order valence-corrected chi connectivity index (χ3v) is 8.26. The standard InChI is InChI=1S/C30H30N2O4S/c1-34-25-12-13-28(35-2)29(17-25)37-19-20-6-8-22(9-7-20)30(33)32-23-10-11-24(32)16-27(15-23)36-26-5-3-4-21(14-26)18-31/h3-9,12-14,17,23-24,27H,10-11,15-16,19H2,1-2H3/t23-,24-/m0/s1. The molecule has 0 aliphatic carbocycles. The van der Waals surface area contributed by atoms with Crippen LogP contribution in [0.15, 0.2) is 71.6 Å². The van der Waals surface area contributed by atoms with E-state index in [4.69, 9.17) is 19.5 Å². The first kappa shape index (κ1) is 25.0. The lowest BCUT2D eigenvalue weighted by Crippen LogP contribution is -2.49. The maximum atomic E-state index is 13.5. The number of methoxy groups -OCH3 is 2. The van der Waals surface area contributed by atoms with Crippen molar-refractivity contribution >= 4 is 17.7 Å². The smallest absolute Gasteiger partial charge is 0.254 e. The van der Waals surface area contributed by atoms with Crippen molar-refractivity contribution in [3.63, 3.8) is 0 Å². The van der Waals surface area contributed by atoms with Crippen molar-refractivity contribution < 1.29 is 19.0 Å². The Kier molecular flexibility index (Phi) is 7.57. The van der Waals surface area contributed by atoms with Gasteiger partial charge < -0.3 is 19.1 Å². The second kappa shape index (κ2) is 11.2. The van der Waals surface area contributed by atoms with Crippen molar-refractivity contribution in [2.75, 3.05) is 14.2 Å². The maximum Gasteiger partial charge on any atom is 0.254 e. The van der Waals surface area contributed by atoms with E-state index in [1.807, 2.05) is 54.6 Å². The van der Waals surface area contributed by atoms with Gasteiger partial charge in [-0.05, 0) is 66.9 Å². The molecule has 190 valence electrons. The van der Waals surface area contributed by atoms with E-state index in [2.05, 4.69) is 11.0 Å². The molecular weight excluding hydrogens is 484 g/mol. The molecule has 2 saturated heterocycles. The van der Waals surface area contributed by atoms with Gasteiger partial charge in [0.05, 0.1) is 30.7 Å². The van der Waals surface area contributed by atoms with E-state index in [1.54, 1.807) is 38.1 Å². The summed E-state index contributed by atoms with van der Waals surface area (Å²) in [5.41, 5.74) is 2.46. The molecule has 0 spiro atoms. The average molecular weight is 515 g/mol. The van der Waals surface area contributed by atoms with Crippen molar-refractivity contribution in [2.45, 2.75) is 54.5 Å². The van der Waals surface area contributed by atoms with Crippen LogP contribution in [-0.4, -0.2) is 43.2 Å². The molecule has 2 heterocycles. The summed E-state index contributed by atoms with van der Waals surface area (Å²) in [6.07, 6.45) is 3.70. The monoisotopic (exact) mass is 514 g/mol. The van der Waals surface area contributed by atoms with Crippen molar-refractivity contribution in [3.05, 3.63) is 83.4 Å². The number of fused-ring (bicyclic) bond motifs is 2. The second-order valence-electron chi connectivity index (χ2n) is 9.45. The molecule has 7 heteroatoms. The molecule has 1 amide bonds. The normalized spacial score (nSPS) is 20.2. The lowest BCUT2D eigenvalue weighted by Gasteiger charge is -2.39. The molecule has 2 aliphatic rings. The third-order valence-electron chi connectivity index (χ3n) is 7.16. The highest BCUT2D eigenvalue weighted by Gasteiger charge is 2.44. The van der Waals surface area contributed by atoms with E-state index in [1.165, 1.54) is 0 Å². The van der Waals surface area contributed by atoms with Gasteiger partial charge in [0.15, 0.2) is 0 Å². The fourth-order valence-corrected chi connectivity index (χ4v) is 6.34. The van der Waals surface area contributed by atoms with Crippen LogP contribution in [0.4, 0.5) is 0 Å². The Morgan fingerprint density at radius 2 is 1.73 bits per heavy atom. The highest BCUT2D eigenvalue weighted by atomic mass is 32.2. The van der Waals surface area contributed by atoms with Gasteiger partial charge in [-0.15, -0.1) is 11.8 Å². The summed E-state index contributed by atoms with van der Waals surface area (Å²) in [4.78, 5) is 16.6. The van der Waals surface area contributed by atoms with Gasteiger partial charge in [0.2, 0.25) is 0 Å². The predicted molar refractivity (Wildman–Crippen MR) is 143 cm³/mol. The van der Waals surface area contributed by atoms with Crippen LogP contribution in [0.5, 0.6) is 17.2 Å². The van der Waals surface area contributed by atoms with Crippen molar-refractivity contribution in [1.82, 2.24) is 4.90 Å². The van der Waals surface area contributed by atoms with Crippen molar-refractivity contribution in [1.29, 1.82) is 5.26 Å². The van der Waals surface area contributed by atoms with Gasteiger partial charge in [-0.25, -0.2) is 0 Å². The first-order chi connectivity index (χ1) is 18.1. The zero-order valence-corrected chi connectivity index (χ0v) is 21.9. The van der Waals surface area contributed by atoms with Gasteiger partial charge in [0.1, 0.15) is 23.4 Å². The largest absolute Gasteiger partial charge is 0.497 e. The highest BCUT2D eigenvalue weighted by Crippen LogP contribution is 2.39. The molecule has 0 unspecified atom stereocenters. The molecule has 5 rings (SSSR count). The Hall–Kier alpha value is -3.63. The first-order valence-electron chi connectivity index (χ1n) is 12.5. The summed E-state index contributed by atoms with van der Waals surface area (Å²) in [7, 11) is 3.32. The summed E-state index contributed by atoms with van der Waals surface area (Å²) >= 11 is 1.68. The number of thioether (sulfide) groups is 1. The van der Waals surface area contributed by atoms with Crippen LogP contribution in [0, 0.1) is 11.3 Å². The summed E-state index contributed by atoms with van der Waals surface area (Å²) in [6.45, 7) is 0. The predicted octanol–water partition coefficient (Wildman–Crippen LogP) is 6.08. The van der Waals surface area contributed by atoms with Gasteiger partial charge >= 0.3 is 0 Å². The molecule has 6 nitrogen and oxygen atoms in total. The number of hydrogen-bond acceptors (Lipinski definition) is 6. The van der Waals surface area contributed by atoms with Gasteiger partial charge in [-0.1, -0.05) is 18.2 Å². The molecule has 0 radical (unpaired) electrons. The molecule has 2 aliphatic heterocycles. The number of rotatable bonds is 8. The van der Waals surface area contributed by atoms with Gasteiger partial charge in [0.25, 0.3) is 5.91 Å². The van der Waals surface area contributed by atoms with E-state index >= 15 is 0 Å². The van der Waals surface area contributed by atoms with E-state index in [0.29, 0.717) is 5.56 Å². The van der Waals surface area contributed by atoms with Gasteiger partial charge in [0, 0.05) is 36.2 Å². The molecule has 2 bridgehead atoms. The summed E-state index contributed by atoms with van der Waals surface area (Å²) < 4.78 is 17.0. The Bertz CT molecular complexity index is 1290. The van der Waals surface area contributed by atoms with Crippen LogP contribution in [0.2, 0.25) is 0 Å². The number of nitrogens with zero attached hydrogens (tertiary/aromatic N) is 2. The molecule has 2 fully saturated rings. The number of benzene rings is 3. The van der Waals surface area contributed by atoms with E-state index < -0.39 is 0 Å². The lowest BCUT2D eigenvalue weighted by molar-refractivity contribution is 0.0359. The summed E-state index contributed by atoms with van der Waals surface area (Å²) in [6, 6.07) is 23.6. The summed E-state index contributed by atoms with van der Waals surface area (Å²) in [5.74, 6) is 3.20. The number of nitriles is 1. The van der Waals surface area contributed by atoms with Crippen LogP contribution < -0.4 is 14.2 Å². The van der Waals surface area contributed by atoms with Gasteiger partial charge in [-0.2, -0.15) is 5.26 Å². The van der Waals surface area contributed by atoms with Gasteiger partial charge in [-0.3, -0.25) is 4.79 Å². The number of hydrogen-bond donors (Lipinski definition) is 0. The van der Waals surface area contributed by atoms with Crippen molar-refractivity contribution in [2.24, 2.45) is 0 Å². The first-order valence-corrected chi connectivity index (χ1v) is 13.5. The molecule has 2 atom stereocenters. The van der Waals surface area contributed by atoms with E-state index in [-0.39, 0.29) is 24.1 Å². The topological polar surface area (TPSA) is 71.8 Å². The minimum Gasteiger partial charge on any atom is -0.497 e. The van der Waals surface area contributed by atoms with Crippen LogP contribution in [0.1, 0.15) is 47.2 Å². The van der Waals surface area contributed by atoms with Crippen LogP contribution in [-0.2, 0) is 5.75 Å². The average Bonchev–Trinajstić information content (AvgIpc) is 3.21. The van der Waals surface area contributed by atoms with Crippen molar-refractivity contribution in [3.8, 4) is 23.3 Å². The summed E-state index contributed by atoms with van der Waals surface area (Å²) in [5, 5.41) is 9.15. The van der Waals surface area contributed by atoms with E-state index in [0.717, 1.165) is 64.7 Å². The molecule has 37 heavy (non-hydrogen) atoms. The number of carbonyl (C=O) groups is 1. The quantitative estimate of drug-likeness (QED) is 0.339. The Balaban J connectivity index is 1.20. The molecule has 0 N–H and O–H groups in total. The molecule has 3 aromatic carbocycles. The fourth-order valence-electron chi connectivity index (χ4n) is 5.34. The number of piperidine rings is 1. The Morgan fingerprint density at radius 3 is 2.41 bits per heavy atom. The minimum absolute atomic E-state index is 0.0588. The number of amides is 1. The molecule has 0 aromatic heterocycles. The maximum absolute atomic E-state index is 13.5. The third kappa shape index (κ3) is 5.55. The fraction of sp³-hybridized carbons (Fsp3) is 0.333. The van der Waals surface area contributed by atoms with E-state index in [9.17, 15) is 4.79 Å². The SMILES string of the molecule is COc1ccc(OC)c(SCc2ccc(C(=O)N3[C@H]4CC[C@H]3CC(Oc3cccc(C#N)c3)C4)cc2)c1. The Labute approximate surface area is 222 Å². The molecular formula is C30H30N2O4S. The molecule has 0 saturated carbocycles. The lowest BCUT2D eigenvalue weighted by atomic mass is 9.98.